The molecular formula is C46H64O4. The molecule has 272 valence electrons. The van der Waals surface area contributed by atoms with Crippen molar-refractivity contribution in [3.8, 4) is 0 Å². The molecule has 0 spiro atoms. The van der Waals surface area contributed by atoms with E-state index in [2.05, 4.69) is 154 Å². The number of hydrogen-bond acceptors (Lipinski definition) is 4. The standard InChI is InChI=1S/C46H64O4/c1-13-43(47)49-39-29-37(7)41(45(9,10)31-39)27-25-35(5)23-17-21-33(3)19-15-16-20-34(4)22-18-24-36(6)26-28-42-38(8)30-40(32-46(42,11)12)50-44(48)14-2/h15-28,39-40H,13-14,29-32H2,1-12H3/b16-15+,21-17+,22-18+,27-25+,28-26+,33-19+,34-20+,35-23+,36-24+/t39-,40-/m1/s1. The molecule has 0 saturated carbocycles. The van der Waals surface area contributed by atoms with E-state index < -0.39 is 0 Å². The van der Waals surface area contributed by atoms with Gasteiger partial charge in [0.2, 0.25) is 0 Å². The van der Waals surface area contributed by atoms with Crippen LogP contribution in [0.15, 0.2) is 130 Å². The highest BCUT2D eigenvalue weighted by molar-refractivity contribution is 5.69. The SMILES string of the molecule is CCC(=O)O[C@@H]1CC(C)=C(/C=C/C(C)=C/C=C/C(C)=C/C=C/C=C(C)/C=C/C=C(C)/C=C/C2=C(C)C[C@@H](OC(=O)CC)CC2(C)C)C(C)(C)C1. The first-order valence-corrected chi connectivity index (χ1v) is 18.3. The first-order chi connectivity index (χ1) is 23.5. The summed E-state index contributed by atoms with van der Waals surface area (Å²) in [5.74, 6) is -0.235. The summed E-state index contributed by atoms with van der Waals surface area (Å²) in [4.78, 5) is 23.6. The van der Waals surface area contributed by atoms with Crippen molar-refractivity contribution >= 4 is 11.9 Å². The van der Waals surface area contributed by atoms with Crippen molar-refractivity contribution in [2.45, 2.75) is 134 Å². The van der Waals surface area contributed by atoms with E-state index in [1.165, 1.54) is 44.6 Å². The third-order valence-corrected chi connectivity index (χ3v) is 9.39. The first-order valence-electron chi connectivity index (χ1n) is 18.3. The van der Waals surface area contributed by atoms with Gasteiger partial charge in [0.25, 0.3) is 0 Å². The number of carbonyl (C=O) groups is 2. The Balaban J connectivity index is 1.92. The van der Waals surface area contributed by atoms with Crippen LogP contribution in [-0.2, 0) is 19.1 Å². The van der Waals surface area contributed by atoms with Gasteiger partial charge in [0, 0.05) is 25.7 Å². The van der Waals surface area contributed by atoms with E-state index in [-0.39, 0.29) is 35.0 Å². The van der Waals surface area contributed by atoms with Gasteiger partial charge in [0.15, 0.2) is 0 Å². The summed E-state index contributed by atoms with van der Waals surface area (Å²) in [5.41, 5.74) is 9.87. The number of esters is 2. The molecule has 0 saturated heterocycles. The smallest absolute Gasteiger partial charge is 0.305 e. The third kappa shape index (κ3) is 14.5. The lowest BCUT2D eigenvalue weighted by molar-refractivity contribution is -0.151. The normalized spacial score (nSPS) is 22.6. The predicted octanol–water partition coefficient (Wildman–Crippen LogP) is 12.5. The van der Waals surface area contributed by atoms with Crippen LogP contribution in [0.3, 0.4) is 0 Å². The lowest BCUT2D eigenvalue weighted by atomic mass is 9.71. The molecule has 2 aliphatic carbocycles. The first kappa shape index (κ1) is 42.2. The minimum Gasteiger partial charge on any atom is -0.462 e. The molecule has 0 N–H and O–H groups in total. The van der Waals surface area contributed by atoms with E-state index in [4.69, 9.17) is 9.47 Å². The lowest BCUT2D eigenvalue weighted by Gasteiger charge is -2.37. The average molecular weight is 681 g/mol. The van der Waals surface area contributed by atoms with Crippen LogP contribution in [0.25, 0.3) is 0 Å². The van der Waals surface area contributed by atoms with Gasteiger partial charge < -0.3 is 9.47 Å². The molecular weight excluding hydrogens is 617 g/mol. The van der Waals surface area contributed by atoms with Crippen LogP contribution in [0.1, 0.15) is 122 Å². The summed E-state index contributed by atoms with van der Waals surface area (Å²) >= 11 is 0. The van der Waals surface area contributed by atoms with Crippen molar-refractivity contribution in [2.75, 3.05) is 0 Å². The summed E-state index contributed by atoms with van der Waals surface area (Å²) in [6, 6.07) is 0. The molecule has 0 aromatic carbocycles. The van der Waals surface area contributed by atoms with E-state index in [1.807, 2.05) is 13.8 Å². The van der Waals surface area contributed by atoms with Crippen LogP contribution < -0.4 is 0 Å². The summed E-state index contributed by atoms with van der Waals surface area (Å²) in [5, 5.41) is 0. The Morgan fingerprint density at radius 3 is 1.22 bits per heavy atom. The minimum atomic E-state index is -0.118. The Kier molecular flexibility index (Phi) is 16.9. The van der Waals surface area contributed by atoms with E-state index in [0.717, 1.165) is 25.7 Å². The van der Waals surface area contributed by atoms with Crippen LogP contribution in [0, 0.1) is 10.8 Å². The molecule has 2 atom stereocenters. The van der Waals surface area contributed by atoms with Crippen molar-refractivity contribution in [3.63, 3.8) is 0 Å². The van der Waals surface area contributed by atoms with Crippen LogP contribution in [-0.4, -0.2) is 24.1 Å². The number of allylic oxidation sites excluding steroid dienone is 20. The Hall–Kier alpha value is -3.92. The fraction of sp³-hybridized carbons (Fsp3) is 0.478. The molecule has 4 nitrogen and oxygen atoms in total. The van der Waals surface area contributed by atoms with E-state index >= 15 is 0 Å². The van der Waals surface area contributed by atoms with Crippen molar-refractivity contribution < 1.29 is 19.1 Å². The topological polar surface area (TPSA) is 52.6 Å². The summed E-state index contributed by atoms with van der Waals surface area (Å²) < 4.78 is 11.3. The molecule has 50 heavy (non-hydrogen) atoms. The molecule has 0 aliphatic heterocycles. The van der Waals surface area contributed by atoms with Crippen molar-refractivity contribution in [3.05, 3.63) is 130 Å². The van der Waals surface area contributed by atoms with Gasteiger partial charge in [-0.1, -0.05) is 160 Å². The number of hydrogen-bond donors (Lipinski definition) is 0. The summed E-state index contributed by atoms with van der Waals surface area (Å²) in [6.07, 6.45) is 33.9. The van der Waals surface area contributed by atoms with Crippen LogP contribution in [0.4, 0.5) is 0 Å². The summed E-state index contributed by atoms with van der Waals surface area (Å²) in [7, 11) is 0. The van der Waals surface area contributed by atoms with Gasteiger partial charge >= 0.3 is 11.9 Å². The molecule has 2 rings (SSSR count). The maximum absolute atomic E-state index is 11.8. The molecule has 0 radical (unpaired) electrons. The summed E-state index contributed by atoms with van der Waals surface area (Å²) in [6.45, 7) is 25.4. The number of rotatable bonds is 14. The van der Waals surface area contributed by atoms with Gasteiger partial charge in [-0.25, -0.2) is 0 Å². The zero-order chi connectivity index (χ0) is 37.5. The number of ether oxygens (including phenoxy) is 2. The average Bonchev–Trinajstić information content (AvgIpc) is 3.01. The lowest BCUT2D eigenvalue weighted by Crippen LogP contribution is -2.31. The number of carbonyl (C=O) groups excluding carboxylic acids is 2. The Labute approximate surface area is 304 Å². The second-order valence-electron chi connectivity index (χ2n) is 15.3. The molecule has 0 fully saturated rings. The highest BCUT2D eigenvalue weighted by atomic mass is 16.5. The molecule has 0 amide bonds. The minimum absolute atomic E-state index is 0.0345. The Morgan fingerprint density at radius 1 is 0.580 bits per heavy atom. The van der Waals surface area contributed by atoms with Gasteiger partial charge in [-0.3, -0.25) is 9.59 Å². The molecule has 0 unspecified atom stereocenters. The third-order valence-electron chi connectivity index (χ3n) is 9.39. The second-order valence-corrected chi connectivity index (χ2v) is 15.3. The van der Waals surface area contributed by atoms with Crippen LogP contribution in [0.2, 0.25) is 0 Å². The van der Waals surface area contributed by atoms with Crippen LogP contribution in [0.5, 0.6) is 0 Å². The van der Waals surface area contributed by atoms with Crippen molar-refractivity contribution in [1.29, 1.82) is 0 Å². The van der Waals surface area contributed by atoms with E-state index in [0.29, 0.717) is 12.8 Å². The van der Waals surface area contributed by atoms with Crippen LogP contribution >= 0.6 is 0 Å². The molecule has 2 aliphatic rings. The van der Waals surface area contributed by atoms with Gasteiger partial charge in [0.05, 0.1) is 0 Å². The maximum Gasteiger partial charge on any atom is 0.305 e. The monoisotopic (exact) mass is 680 g/mol. The quantitative estimate of drug-likeness (QED) is 0.135. The zero-order valence-corrected chi connectivity index (χ0v) is 33.1. The van der Waals surface area contributed by atoms with Gasteiger partial charge in [-0.2, -0.15) is 0 Å². The van der Waals surface area contributed by atoms with E-state index in [9.17, 15) is 9.59 Å². The van der Waals surface area contributed by atoms with Gasteiger partial charge in [0.1, 0.15) is 12.2 Å². The largest absolute Gasteiger partial charge is 0.462 e. The fourth-order valence-corrected chi connectivity index (χ4v) is 6.77. The highest BCUT2D eigenvalue weighted by Gasteiger charge is 2.35. The molecule has 0 aromatic rings. The fourth-order valence-electron chi connectivity index (χ4n) is 6.77. The van der Waals surface area contributed by atoms with E-state index in [1.54, 1.807) is 0 Å². The maximum atomic E-state index is 11.8. The van der Waals surface area contributed by atoms with Crippen molar-refractivity contribution in [2.24, 2.45) is 10.8 Å². The molecule has 0 aromatic heterocycles. The highest BCUT2D eigenvalue weighted by Crippen LogP contribution is 2.43. The Bertz CT molecular complexity index is 1440. The molecule has 0 heterocycles. The predicted molar refractivity (Wildman–Crippen MR) is 212 cm³/mol. The molecule has 4 heteroatoms. The molecule has 0 bridgehead atoms. The zero-order valence-electron chi connectivity index (χ0n) is 33.1. The Morgan fingerprint density at radius 2 is 0.900 bits per heavy atom. The van der Waals surface area contributed by atoms with Gasteiger partial charge in [-0.05, 0) is 76.4 Å². The van der Waals surface area contributed by atoms with Crippen molar-refractivity contribution in [1.82, 2.24) is 0 Å². The second kappa shape index (κ2) is 20.1. The van der Waals surface area contributed by atoms with Gasteiger partial charge in [-0.15, -0.1) is 0 Å².